The lowest BCUT2D eigenvalue weighted by Crippen LogP contribution is -2.31. The summed E-state index contributed by atoms with van der Waals surface area (Å²) in [6, 6.07) is 9.78. The summed E-state index contributed by atoms with van der Waals surface area (Å²) in [5.41, 5.74) is 0.191. The lowest BCUT2D eigenvalue weighted by Gasteiger charge is -2.15. The number of benzene rings is 1. The van der Waals surface area contributed by atoms with Crippen LogP contribution in [0.4, 0.5) is 4.39 Å². The van der Waals surface area contributed by atoms with E-state index < -0.39 is 11.9 Å². The van der Waals surface area contributed by atoms with E-state index in [1.54, 1.807) is 19.1 Å². The lowest BCUT2D eigenvalue weighted by molar-refractivity contribution is -0.122. The highest BCUT2D eigenvalue weighted by atomic mass is 32.1. The second kappa shape index (κ2) is 6.63. The monoisotopic (exact) mass is 293 g/mol. The molecule has 20 heavy (non-hydrogen) atoms. The van der Waals surface area contributed by atoms with Crippen LogP contribution >= 0.6 is 11.3 Å². The molecule has 0 aliphatic rings. The quantitative estimate of drug-likeness (QED) is 0.890. The molecular weight excluding hydrogens is 277 g/mol. The molecule has 0 aliphatic carbocycles. The summed E-state index contributed by atoms with van der Waals surface area (Å²) < 4.78 is 13.5. The number of hydrogen-bond donors (Lipinski definition) is 2. The minimum Gasteiger partial charge on any atom is -0.386 e. The second-order valence-electron chi connectivity index (χ2n) is 4.52. The Bertz CT molecular complexity index is 571. The van der Waals surface area contributed by atoms with E-state index in [0.717, 1.165) is 4.88 Å². The normalized spacial score (nSPS) is 13.8. The van der Waals surface area contributed by atoms with Crippen molar-refractivity contribution in [3.63, 3.8) is 0 Å². The van der Waals surface area contributed by atoms with E-state index in [9.17, 15) is 14.3 Å². The highest BCUT2D eigenvalue weighted by molar-refractivity contribution is 7.10. The third kappa shape index (κ3) is 3.43. The number of halogens is 1. The third-order valence-corrected chi connectivity index (χ3v) is 4.15. The molecule has 2 unspecified atom stereocenters. The summed E-state index contributed by atoms with van der Waals surface area (Å²) in [6.07, 6.45) is -1.05. The van der Waals surface area contributed by atoms with Gasteiger partial charge in [0.05, 0.1) is 12.0 Å². The molecule has 2 rings (SSSR count). The van der Waals surface area contributed by atoms with Crippen LogP contribution in [0.2, 0.25) is 0 Å². The van der Waals surface area contributed by atoms with Crippen LogP contribution in [0.25, 0.3) is 0 Å². The number of thiophene rings is 1. The number of aliphatic hydroxyl groups is 1. The summed E-state index contributed by atoms with van der Waals surface area (Å²) in [5.74, 6) is -0.925. The van der Waals surface area contributed by atoms with Crippen LogP contribution in [0.5, 0.6) is 0 Å². The Morgan fingerprint density at radius 1 is 1.35 bits per heavy atom. The molecule has 2 N–H and O–H groups in total. The molecule has 0 bridgehead atoms. The van der Waals surface area contributed by atoms with Crippen molar-refractivity contribution in [2.75, 3.05) is 6.54 Å². The number of carbonyl (C=O) groups is 1. The van der Waals surface area contributed by atoms with E-state index >= 15 is 0 Å². The van der Waals surface area contributed by atoms with Gasteiger partial charge in [-0.1, -0.05) is 24.3 Å². The summed E-state index contributed by atoms with van der Waals surface area (Å²) in [4.78, 5) is 12.9. The maximum absolute atomic E-state index is 13.5. The summed E-state index contributed by atoms with van der Waals surface area (Å²) in [6.45, 7) is 1.80. The molecule has 2 atom stereocenters. The maximum Gasteiger partial charge on any atom is 0.228 e. The van der Waals surface area contributed by atoms with Crippen molar-refractivity contribution in [2.45, 2.75) is 18.9 Å². The standard InChI is InChI=1S/C15H16FNO2S/c1-10(14-7-4-8-20-14)15(19)17-9-13(18)11-5-2-3-6-12(11)16/h2-8,10,13,18H,9H2,1H3,(H,17,19). The van der Waals surface area contributed by atoms with Crippen molar-refractivity contribution in [2.24, 2.45) is 0 Å². The van der Waals surface area contributed by atoms with Gasteiger partial charge in [-0.25, -0.2) is 4.39 Å². The van der Waals surface area contributed by atoms with E-state index in [0.29, 0.717) is 0 Å². The fraction of sp³-hybridized carbons (Fsp3) is 0.267. The number of nitrogens with one attached hydrogen (secondary N) is 1. The molecule has 0 aliphatic heterocycles. The van der Waals surface area contributed by atoms with Gasteiger partial charge in [0.2, 0.25) is 5.91 Å². The number of hydrogen-bond acceptors (Lipinski definition) is 3. The van der Waals surface area contributed by atoms with Crippen molar-refractivity contribution < 1.29 is 14.3 Å². The fourth-order valence-corrected chi connectivity index (χ4v) is 2.66. The highest BCUT2D eigenvalue weighted by Crippen LogP contribution is 2.21. The minimum atomic E-state index is -1.05. The number of carbonyl (C=O) groups excluding carboxylic acids is 1. The van der Waals surface area contributed by atoms with Crippen LogP contribution < -0.4 is 5.32 Å². The average molecular weight is 293 g/mol. The Labute approximate surface area is 121 Å². The molecule has 0 fully saturated rings. The van der Waals surface area contributed by atoms with E-state index in [1.165, 1.54) is 23.5 Å². The predicted molar refractivity (Wildman–Crippen MR) is 77.1 cm³/mol. The molecule has 5 heteroatoms. The van der Waals surface area contributed by atoms with E-state index in [1.807, 2.05) is 17.5 Å². The van der Waals surface area contributed by atoms with E-state index in [4.69, 9.17) is 0 Å². The lowest BCUT2D eigenvalue weighted by atomic mass is 10.1. The Morgan fingerprint density at radius 3 is 2.75 bits per heavy atom. The maximum atomic E-state index is 13.5. The van der Waals surface area contributed by atoms with Gasteiger partial charge in [0.15, 0.2) is 0 Å². The number of amides is 1. The topological polar surface area (TPSA) is 49.3 Å². The first-order chi connectivity index (χ1) is 9.59. The van der Waals surface area contributed by atoms with Crippen LogP contribution in [0.3, 0.4) is 0 Å². The Kier molecular flexibility index (Phi) is 4.87. The van der Waals surface area contributed by atoms with Gasteiger partial charge >= 0.3 is 0 Å². The summed E-state index contributed by atoms with van der Waals surface area (Å²) in [5, 5.41) is 14.5. The van der Waals surface area contributed by atoms with Gasteiger partial charge in [0.25, 0.3) is 0 Å². The molecule has 0 radical (unpaired) electrons. The van der Waals surface area contributed by atoms with Crippen molar-refractivity contribution in [3.05, 3.63) is 58.0 Å². The Hall–Kier alpha value is -1.72. The van der Waals surface area contributed by atoms with Gasteiger partial charge in [-0.15, -0.1) is 11.3 Å². The minimum absolute atomic E-state index is 0.00448. The van der Waals surface area contributed by atoms with Crippen molar-refractivity contribution in [3.8, 4) is 0 Å². The molecule has 1 heterocycles. The molecule has 0 spiro atoms. The van der Waals surface area contributed by atoms with Crippen LogP contribution in [0.1, 0.15) is 29.4 Å². The molecular formula is C15H16FNO2S. The van der Waals surface area contributed by atoms with Crippen molar-refractivity contribution >= 4 is 17.2 Å². The number of aliphatic hydroxyl groups excluding tert-OH is 1. The van der Waals surface area contributed by atoms with Crippen LogP contribution in [-0.2, 0) is 4.79 Å². The van der Waals surface area contributed by atoms with E-state index in [-0.39, 0.29) is 23.9 Å². The molecule has 1 amide bonds. The molecule has 1 aromatic carbocycles. The molecule has 0 saturated heterocycles. The average Bonchev–Trinajstić information content (AvgIpc) is 2.98. The van der Waals surface area contributed by atoms with Gasteiger partial charge < -0.3 is 10.4 Å². The fourth-order valence-electron chi connectivity index (χ4n) is 1.87. The largest absolute Gasteiger partial charge is 0.386 e. The zero-order valence-electron chi connectivity index (χ0n) is 11.0. The van der Waals surface area contributed by atoms with Crippen LogP contribution in [0.15, 0.2) is 41.8 Å². The number of rotatable bonds is 5. The van der Waals surface area contributed by atoms with Crippen molar-refractivity contribution in [1.82, 2.24) is 5.32 Å². The molecule has 1 aromatic heterocycles. The predicted octanol–water partition coefficient (Wildman–Crippen LogP) is 2.84. The smallest absolute Gasteiger partial charge is 0.228 e. The molecule has 0 saturated carbocycles. The first kappa shape index (κ1) is 14.7. The van der Waals surface area contributed by atoms with E-state index in [2.05, 4.69) is 5.32 Å². The van der Waals surface area contributed by atoms with Gasteiger partial charge in [0, 0.05) is 17.0 Å². The van der Waals surface area contributed by atoms with Gasteiger partial charge in [-0.2, -0.15) is 0 Å². The summed E-state index contributed by atoms with van der Waals surface area (Å²) in [7, 11) is 0. The first-order valence-corrected chi connectivity index (χ1v) is 7.21. The van der Waals surface area contributed by atoms with Crippen molar-refractivity contribution in [1.29, 1.82) is 0 Å². The molecule has 106 valence electrons. The van der Waals surface area contributed by atoms with Crippen LogP contribution in [-0.4, -0.2) is 17.6 Å². The van der Waals surface area contributed by atoms with Gasteiger partial charge in [0.1, 0.15) is 5.82 Å². The molecule has 3 nitrogen and oxygen atoms in total. The first-order valence-electron chi connectivity index (χ1n) is 6.33. The highest BCUT2D eigenvalue weighted by Gasteiger charge is 2.18. The Balaban J connectivity index is 1.92. The third-order valence-electron chi connectivity index (χ3n) is 3.10. The zero-order valence-corrected chi connectivity index (χ0v) is 11.9. The van der Waals surface area contributed by atoms with Gasteiger partial charge in [-0.3, -0.25) is 4.79 Å². The van der Waals surface area contributed by atoms with Crippen LogP contribution in [0, 0.1) is 5.82 Å². The second-order valence-corrected chi connectivity index (χ2v) is 5.50. The zero-order chi connectivity index (χ0) is 14.5. The van der Waals surface area contributed by atoms with Gasteiger partial charge in [-0.05, 0) is 24.4 Å². The Morgan fingerprint density at radius 2 is 2.10 bits per heavy atom. The summed E-state index contributed by atoms with van der Waals surface area (Å²) >= 11 is 1.51. The SMILES string of the molecule is CC(C(=O)NCC(O)c1ccccc1F)c1cccs1. The molecule has 2 aromatic rings.